The van der Waals surface area contributed by atoms with E-state index < -0.39 is 5.82 Å². The zero-order valence-corrected chi connectivity index (χ0v) is 17.0. The quantitative estimate of drug-likeness (QED) is 0.807. The van der Waals surface area contributed by atoms with Crippen LogP contribution in [0.15, 0.2) is 18.2 Å². The first kappa shape index (κ1) is 20.9. The molecule has 0 spiro atoms. The molecule has 6 nitrogen and oxygen atoms in total. The summed E-state index contributed by atoms with van der Waals surface area (Å²) in [6.07, 6.45) is 5.90. The van der Waals surface area contributed by atoms with Gasteiger partial charge in [-0.3, -0.25) is 4.90 Å². The van der Waals surface area contributed by atoms with Crippen molar-refractivity contribution in [1.82, 2.24) is 15.1 Å². The first-order chi connectivity index (χ1) is 13.5. The molecule has 2 aliphatic rings. The molecule has 1 aliphatic heterocycles. The van der Waals surface area contributed by atoms with Gasteiger partial charge in [-0.05, 0) is 30.5 Å². The number of benzene rings is 1. The molecule has 0 bridgehead atoms. The van der Waals surface area contributed by atoms with Crippen LogP contribution >= 0.6 is 0 Å². The van der Waals surface area contributed by atoms with Crippen LogP contribution in [-0.2, 0) is 11.3 Å². The molecule has 1 saturated carbocycles. The smallest absolute Gasteiger partial charge is 0.317 e. The molecule has 1 aliphatic carbocycles. The highest BCUT2D eigenvalue weighted by atomic mass is 19.1. The first-order valence-electron chi connectivity index (χ1n) is 10.2. The number of rotatable bonds is 6. The molecular formula is C21H32FN3O3. The Balaban J connectivity index is 1.58. The predicted octanol–water partition coefficient (Wildman–Crippen LogP) is 3.01. The second-order valence-electron chi connectivity index (χ2n) is 7.87. The molecule has 28 heavy (non-hydrogen) atoms. The minimum absolute atomic E-state index is 0.0325. The van der Waals surface area contributed by atoms with Gasteiger partial charge in [-0.1, -0.05) is 25.3 Å². The van der Waals surface area contributed by atoms with Gasteiger partial charge in [0.2, 0.25) is 0 Å². The van der Waals surface area contributed by atoms with Gasteiger partial charge < -0.3 is 19.7 Å². The summed E-state index contributed by atoms with van der Waals surface area (Å²) in [5.41, 5.74) is 0.765. The summed E-state index contributed by atoms with van der Waals surface area (Å²) < 4.78 is 24.3. The number of halogens is 1. The Morgan fingerprint density at radius 2 is 2.00 bits per heavy atom. The topological polar surface area (TPSA) is 54.0 Å². The summed E-state index contributed by atoms with van der Waals surface area (Å²) in [4.78, 5) is 16.8. The van der Waals surface area contributed by atoms with E-state index in [9.17, 15) is 9.18 Å². The van der Waals surface area contributed by atoms with E-state index in [0.717, 1.165) is 44.7 Å². The lowest BCUT2D eigenvalue weighted by Gasteiger charge is -2.48. The second kappa shape index (κ2) is 9.56. The van der Waals surface area contributed by atoms with E-state index in [-0.39, 0.29) is 17.3 Å². The van der Waals surface area contributed by atoms with Crippen molar-refractivity contribution in [3.8, 4) is 5.75 Å². The summed E-state index contributed by atoms with van der Waals surface area (Å²) >= 11 is 0. The van der Waals surface area contributed by atoms with Crippen molar-refractivity contribution in [2.24, 2.45) is 0 Å². The van der Waals surface area contributed by atoms with Crippen molar-refractivity contribution in [2.45, 2.75) is 44.2 Å². The summed E-state index contributed by atoms with van der Waals surface area (Å²) in [6.45, 7) is 4.37. The number of methoxy groups -OCH3 is 1. The number of hydrogen-bond donors (Lipinski definition) is 1. The van der Waals surface area contributed by atoms with Crippen LogP contribution in [0.1, 0.15) is 37.7 Å². The average molecular weight is 394 g/mol. The molecule has 1 aromatic rings. The Bertz CT molecular complexity index is 658. The van der Waals surface area contributed by atoms with Crippen molar-refractivity contribution >= 4 is 6.03 Å². The minimum atomic E-state index is -0.415. The zero-order chi connectivity index (χ0) is 20.0. The van der Waals surface area contributed by atoms with Crippen LogP contribution < -0.4 is 10.1 Å². The third-order valence-electron chi connectivity index (χ3n) is 6.02. The van der Waals surface area contributed by atoms with Crippen molar-refractivity contribution < 1.29 is 18.7 Å². The van der Waals surface area contributed by atoms with Gasteiger partial charge in [0.25, 0.3) is 0 Å². The number of amides is 2. The number of hydrogen-bond acceptors (Lipinski definition) is 4. The van der Waals surface area contributed by atoms with E-state index in [4.69, 9.17) is 9.47 Å². The number of carbonyl (C=O) groups excluding carboxylic acids is 1. The highest BCUT2D eigenvalue weighted by Gasteiger charge is 2.39. The molecule has 3 rings (SSSR count). The molecule has 0 aromatic heterocycles. The fourth-order valence-electron chi connectivity index (χ4n) is 4.38. The fourth-order valence-corrected chi connectivity index (χ4v) is 4.38. The Kier molecular flexibility index (Phi) is 7.13. The molecule has 7 heteroatoms. The first-order valence-corrected chi connectivity index (χ1v) is 10.2. The lowest BCUT2D eigenvalue weighted by molar-refractivity contribution is -0.0360. The maximum absolute atomic E-state index is 13.9. The van der Waals surface area contributed by atoms with Crippen LogP contribution in [0.3, 0.4) is 0 Å². The Labute approximate surface area is 167 Å². The van der Waals surface area contributed by atoms with E-state index in [1.165, 1.54) is 32.4 Å². The van der Waals surface area contributed by atoms with Crippen molar-refractivity contribution in [2.75, 3.05) is 47.0 Å². The summed E-state index contributed by atoms with van der Waals surface area (Å²) in [5, 5.41) is 3.13. The van der Waals surface area contributed by atoms with E-state index in [0.29, 0.717) is 13.1 Å². The molecule has 2 amide bonds. The van der Waals surface area contributed by atoms with Gasteiger partial charge in [0.15, 0.2) is 11.6 Å². The van der Waals surface area contributed by atoms with Crippen molar-refractivity contribution in [3.63, 3.8) is 0 Å². The normalized spacial score (nSPS) is 19.8. The van der Waals surface area contributed by atoms with Crippen LogP contribution in [-0.4, -0.2) is 68.4 Å². The summed E-state index contributed by atoms with van der Waals surface area (Å²) in [7, 11) is 3.17. The third kappa shape index (κ3) is 4.94. The maximum atomic E-state index is 13.9. The van der Waals surface area contributed by atoms with Crippen LogP contribution in [0.2, 0.25) is 0 Å². The third-order valence-corrected chi connectivity index (χ3v) is 6.02. The molecule has 0 radical (unpaired) electrons. The van der Waals surface area contributed by atoms with Crippen LogP contribution in [0.25, 0.3) is 0 Å². The Morgan fingerprint density at radius 3 is 2.64 bits per heavy atom. The van der Waals surface area contributed by atoms with Gasteiger partial charge in [0.1, 0.15) is 0 Å². The molecule has 1 saturated heterocycles. The lowest BCUT2D eigenvalue weighted by Crippen LogP contribution is -2.60. The van der Waals surface area contributed by atoms with Gasteiger partial charge in [0.05, 0.1) is 20.3 Å². The number of nitrogens with one attached hydrogen (secondary N) is 1. The van der Waals surface area contributed by atoms with Crippen LogP contribution in [0.4, 0.5) is 9.18 Å². The number of morpholine rings is 1. The van der Waals surface area contributed by atoms with Gasteiger partial charge in [-0.15, -0.1) is 0 Å². The van der Waals surface area contributed by atoms with E-state index in [1.807, 2.05) is 0 Å². The van der Waals surface area contributed by atoms with Gasteiger partial charge in [-0.2, -0.15) is 0 Å². The molecular weight excluding hydrogens is 361 g/mol. The van der Waals surface area contributed by atoms with Gasteiger partial charge in [0, 0.05) is 38.8 Å². The fraction of sp³-hybridized carbons (Fsp3) is 0.667. The highest BCUT2D eigenvalue weighted by Crippen LogP contribution is 2.34. The van der Waals surface area contributed by atoms with E-state index in [2.05, 4.69) is 10.2 Å². The number of urea groups is 1. The van der Waals surface area contributed by atoms with Crippen molar-refractivity contribution in [3.05, 3.63) is 29.6 Å². The maximum Gasteiger partial charge on any atom is 0.317 e. The lowest BCUT2D eigenvalue weighted by atomic mass is 9.80. The van der Waals surface area contributed by atoms with E-state index in [1.54, 1.807) is 24.1 Å². The number of nitrogens with zero attached hydrogens (tertiary/aromatic N) is 2. The summed E-state index contributed by atoms with van der Waals surface area (Å²) in [5.74, 6) is -0.206. The number of ether oxygens (including phenoxy) is 2. The predicted molar refractivity (Wildman–Crippen MR) is 106 cm³/mol. The molecule has 1 aromatic carbocycles. The molecule has 1 N–H and O–H groups in total. The highest BCUT2D eigenvalue weighted by molar-refractivity contribution is 5.74. The SMILES string of the molecule is COc1ccc(CN(C)C(=O)NCC2(N3CCOCC3)CCCCC2)cc1F. The van der Waals surface area contributed by atoms with Gasteiger partial charge >= 0.3 is 6.03 Å². The van der Waals surface area contributed by atoms with Crippen LogP contribution in [0.5, 0.6) is 5.75 Å². The van der Waals surface area contributed by atoms with Crippen LogP contribution in [0, 0.1) is 5.82 Å². The Morgan fingerprint density at radius 1 is 1.29 bits per heavy atom. The monoisotopic (exact) mass is 393 g/mol. The minimum Gasteiger partial charge on any atom is -0.494 e. The standard InChI is InChI=1S/C21H32FN3O3/c1-24(15-17-6-7-19(27-2)18(22)14-17)20(26)23-16-21(8-4-3-5-9-21)25-10-12-28-13-11-25/h6-7,14H,3-5,8-13,15-16H2,1-2H3,(H,23,26). The van der Waals surface area contributed by atoms with E-state index >= 15 is 0 Å². The summed E-state index contributed by atoms with van der Waals surface area (Å²) in [6, 6.07) is 4.65. The molecule has 1 heterocycles. The second-order valence-corrected chi connectivity index (χ2v) is 7.87. The van der Waals surface area contributed by atoms with Crippen molar-refractivity contribution in [1.29, 1.82) is 0 Å². The Hall–Kier alpha value is -1.86. The number of carbonyl (C=O) groups is 1. The zero-order valence-electron chi connectivity index (χ0n) is 17.0. The van der Waals surface area contributed by atoms with Gasteiger partial charge in [-0.25, -0.2) is 9.18 Å². The molecule has 156 valence electrons. The molecule has 0 unspecified atom stereocenters. The average Bonchev–Trinajstić information content (AvgIpc) is 2.73. The molecule has 0 atom stereocenters. The molecule has 2 fully saturated rings. The largest absolute Gasteiger partial charge is 0.494 e.